The Labute approximate surface area is 70.1 Å². The Morgan fingerprint density at radius 2 is 2.42 bits per heavy atom. The van der Waals surface area contributed by atoms with Gasteiger partial charge in [0.1, 0.15) is 17.7 Å². The van der Waals surface area contributed by atoms with E-state index in [1.54, 1.807) is 6.07 Å². The Balaban J connectivity index is 2.30. The average molecular weight is 167 g/mol. The summed E-state index contributed by atoms with van der Waals surface area (Å²) < 4.78 is 18.1. The van der Waals surface area contributed by atoms with Gasteiger partial charge in [-0.25, -0.2) is 4.39 Å². The molecule has 1 heterocycles. The molecule has 0 aliphatic carbocycles. The molecule has 1 unspecified atom stereocenters. The molecule has 2 nitrogen and oxygen atoms in total. The zero-order valence-corrected chi connectivity index (χ0v) is 6.59. The molecule has 3 heteroatoms. The van der Waals surface area contributed by atoms with Crippen molar-refractivity contribution < 1.29 is 9.13 Å². The first-order valence-corrected chi connectivity index (χ1v) is 3.95. The molecular weight excluding hydrogens is 157 g/mol. The Bertz CT molecular complexity index is 301. The van der Waals surface area contributed by atoms with E-state index in [1.807, 2.05) is 0 Å². The van der Waals surface area contributed by atoms with E-state index < -0.39 is 0 Å². The van der Waals surface area contributed by atoms with Gasteiger partial charge in [-0.05, 0) is 11.6 Å². The maximum absolute atomic E-state index is 12.7. The normalized spacial score (nSPS) is 20.3. The Morgan fingerprint density at radius 1 is 1.58 bits per heavy atom. The van der Waals surface area contributed by atoms with Crippen LogP contribution in [0.5, 0.6) is 5.75 Å². The molecular formula is C9H10FNO. The summed E-state index contributed by atoms with van der Waals surface area (Å²) in [6, 6.07) is 4.60. The molecule has 1 aliphatic rings. The molecule has 0 spiro atoms. The highest BCUT2D eigenvalue weighted by Crippen LogP contribution is 2.28. The lowest BCUT2D eigenvalue weighted by molar-refractivity contribution is 0.240. The van der Waals surface area contributed by atoms with Crippen LogP contribution in [0.25, 0.3) is 0 Å². The van der Waals surface area contributed by atoms with Crippen molar-refractivity contribution >= 4 is 0 Å². The van der Waals surface area contributed by atoms with Crippen LogP contribution in [0.1, 0.15) is 5.56 Å². The van der Waals surface area contributed by atoms with Gasteiger partial charge in [-0.3, -0.25) is 0 Å². The van der Waals surface area contributed by atoms with Gasteiger partial charge in [0.15, 0.2) is 0 Å². The van der Waals surface area contributed by atoms with E-state index in [0.717, 1.165) is 12.0 Å². The fraction of sp³-hybridized carbons (Fsp3) is 0.333. The number of nitrogens with two attached hydrogens (primary N) is 1. The summed E-state index contributed by atoms with van der Waals surface area (Å²) in [5, 5.41) is 0. The minimum Gasteiger partial charge on any atom is -0.488 e. The van der Waals surface area contributed by atoms with E-state index in [0.29, 0.717) is 12.3 Å². The van der Waals surface area contributed by atoms with Gasteiger partial charge in [-0.1, -0.05) is 6.07 Å². The number of rotatable bonds is 1. The number of fused-ring (bicyclic) bond motifs is 1. The predicted molar refractivity (Wildman–Crippen MR) is 43.6 cm³/mol. The summed E-state index contributed by atoms with van der Waals surface area (Å²) in [7, 11) is 0. The minimum absolute atomic E-state index is 0.0294. The molecule has 2 N–H and O–H groups in total. The molecule has 12 heavy (non-hydrogen) atoms. The lowest BCUT2D eigenvalue weighted by Crippen LogP contribution is -2.24. The van der Waals surface area contributed by atoms with Gasteiger partial charge < -0.3 is 10.5 Å². The Hall–Kier alpha value is -1.09. The summed E-state index contributed by atoms with van der Waals surface area (Å²) in [5.74, 6) is 0.386. The molecule has 0 fully saturated rings. The second kappa shape index (κ2) is 2.75. The summed E-state index contributed by atoms with van der Waals surface area (Å²) in [4.78, 5) is 0. The van der Waals surface area contributed by atoms with Crippen molar-refractivity contribution in [2.75, 3.05) is 6.54 Å². The van der Waals surface area contributed by atoms with Crippen LogP contribution in [0.3, 0.4) is 0 Å². The second-order valence-corrected chi connectivity index (χ2v) is 2.93. The summed E-state index contributed by atoms with van der Waals surface area (Å²) in [6.45, 7) is 0.482. The third-order valence-corrected chi connectivity index (χ3v) is 2.03. The van der Waals surface area contributed by atoms with E-state index >= 15 is 0 Å². The van der Waals surface area contributed by atoms with Gasteiger partial charge in [0.25, 0.3) is 0 Å². The van der Waals surface area contributed by atoms with Crippen LogP contribution in [0.2, 0.25) is 0 Å². The molecule has 0 saturated heterocycles. The smallest absolute Gasteiger partial charge is 0.126 e. The quantitative estimate of drug-likeness (QED) is 0.679. The van der Waals surface area contributed by atoms with Crippen LogP contribution in [0.4, 0.5) is 4.39 Å². The highest BCUT2D eigenvalue weighted by Gasteiger charge is 2.21. The van der Waals surface area contributed by atoms with E-state index in [1.165, 1.54) is 12.1 Å². The van der Waals surface area contributed by atoms with Crippen LogP contribution in [0, 0.1) is 5.82 Å². The lowest BCUT2D eigenvalue weighted by Gasteiger charge is -2.05. The van der Waals surface area contributed by atoms with Crippen LogP contribution >= 0.6 is 0 Å². The molecule has 0 bridgehead atoms. The zero-order chi connectivity index (χ0) is 8.55. The maximum atomic E-state index is 12.7. The second-order valence-electron chi connectivity index (χ2n) is 2.93. The van der Waals surface area contributed by atoms with E-state index in [2.05, 4.69) is 0 Å². The molecule has 0 saturated carbocycles. The number of ether oxygens (including phenoxy) is 1. The fourth-order valence-electron chi connectivity index (χ4n) is 1.40. The van der Waals surface area contributed by atoms with E-state index in [9.17, 15) is 4.39 Å². The number of benzene rings is 1. The largest absolute Gasteiger partial charge is 0.488 e. The molecule has 2 rings (SSSR count). The van der Waals surface area contributed by atoms with Crippen LogP contribution < -0.4 is 10.5 Å². The molecule has 1 aromatic carbocycles. The zero-order valence-electron chi connectivity index (χ0n) is 6.59. The molecule has 1 aromatic rings. The molecule has 0 amide bonds. The van der Waals surface area contributed by atoms with Crippen molar-refractivity contribution in [3.05, 3.63) is 29.6 Å². The first kappa shape index (κ1) is 7.55. The summed E-state index contributed by atoms with van der Waals surface area (Å²) >= 11 is 0. The first-order valence-electron chi connectivity index (χ1n) is 3.95. The van der Waals surface area contributed by atoms with Gasteiger partial charge in [0.05, 0.1) is 0 Å². The van der Waals surface area contributed by atoms with Crippen molar-refractivity contribution in [2.45, 2.75) is 12.5 Å². The summed E-state index contributed by atoms with van der Waals surface area (Å²) in [6.07, 6.45) is 0.827. The third-order valence-electron chi connectivity index (χ3n) is 2.03. The van der Waals surface area contributed by atoms with Crippen LogP contribution in [-0.4, -0.2) is 12.6 Å². The van der Waals surface area contributed by atoms with Crippen molar-refractivity contribution in [2.24, 2.45) is 5.73 Å². The van der Waals surface area contributed by atoms with Gasteiger partial charge in [-0.2, -0.15) is 0 Å². The third kappa shape index (κ3) is 1.16. The number of hydrogen-bond donors (Lipinski definition) is 1. The summed E-state index contributed by atoms with van der Waals surface area (Å²) in [5.41, 5.74) is 6.48. The standard InChI is InChI=1S/C9H10FNO/c10-7-2-1-6-3-8(5-11)12-9(6)4-7/h1-2,4,8H,3,5,11H2. The highest BCUT2D eigenvalue weighted by molar-refractivity contribution is 5.37. The van der Waals surface area contributed by atoms with E-state index in [4.69, 9.17) is 10.5 Å². The lowest BCUT2D eigenvalue weighted by atomic mass is 10.1. The molecule has 0 aromatic heterocycles. The topological polar surface area (TPSA) is 35.2 Å². The maximum Gasteiger partial charge on any atom is 0.126 e. The van der Waals surface area contributed by atoms with Crippen LogP contribution in [0.15, 0.2) is 18.2 Å². The monoisotopic (exact) mass is 167 g/mol. The highest BCUT2D eigenvalue weighted by atomic mass is 19.1. The van der Waals surface area contributed by atoms with Crippen molar-refractivity contribution in [1.29, 1.82) is 0 Å². The number of hydrogen-bond acceptors (Lipinski definition) is 2. The fourth-order valence-corrected chi connectivity index (χ4v) is 1.40. The van der Waals surface area contributed by atoms with Gasteiger partial charge in [0, 0.05) is 19.0 Å². The van der Waals surface area contributed by atoms with Crippen molar-refractivity contribution in [3.8, 4) is 5.75 Å². The van der Waals surface area contributed by atoms with E-state index in [-0.39, 0.29) is 11.9 Å². The first-order chi connectivity index (χ1) is 5.79. The molecule has 64 valence electrons. The molecule has 1 atom stereocenters. The van der Waals surface area contributed by atoms with Crippen molar-refractivity contribution in [1.82, 2.24) is 0 Å². The predicted octanol–water partition coefficient (Wildman–Crippen LogP) is 1.09. The average Bonchev–Trinajstić information content (AvgIpc) is 2.46. The number of halogens is 1. The van der Waals surface area contributed by atoms with Crippen molar-refractivity contribution in [3.63, 3.8) is 0 Å². The molecule has 1 aliphatic heterocycles. The SMILES string of the molecule is NCC1Cc2ccc(F)cc2O1. The van der Waals surface area contributed by atoms with Gasteiger partial charge >= 0.3 is 0 Å². The Kier molecular flexibility index (Phi) is 1.73. The minimum atomic E-state index is -0.258. The molecule has 0 radical (unpaired) electrons. The Morgan fingerprint density at radius 3 is 3.17 bits per heavy atom. The van der Waals surface area contributed by atoms with Gasteiger partial charge in [0.2, 0.25) is 0 Å². The van der Waals surface area contributed by atoms with Crippen LogP contribution in [-0.2, 0) is 6.42 Å². The van der Waals surface area contributed by atoms with Gasteiger partial charge in [-0.15, -0.1) is 0 Å².